The lowest BCUT2D eigenvalue weighted by Crippen LogP contribution is -2.21. The number of nitrogens with zero attached hydrogens (tertiary/aromatic N) is 2. The molecule has 6 heteroatoms. The van der Waals surface area contributed by atoms with Gasteiger partial charge in [0.2, 0.25) is 5.71 Å². The van der Waals surface area contributed by atoms with Gasteiger partial charge in [0.25, 0.3) is 5.56 Å². The van der Waals surface area contributed by atoms with E-state index in [4.69, 9.17) is 9.15 Å². The Morgan fingerprint density at radius 1 is 1.47 bits per heavy atom. The fourth-order valence-electron chi connectivity index (χ4n) is 1.99. The Labute approximate surface area is 110 Å². The van der Waals surface area contributed by atoms with Gasteiger partial charge in [0, 0.05) is 6.54 Å². The highest BCUT2D eigenvalue weighted by Gasteiger charge is 2.23. The topological polar surface area (TPSA) is 74.3 Å². The number of carbonyl (C=O) groups is 1. The normalized spacial score (nSPS) is 10.9. The van der Waals surface area contributed by atoms with Crippen molar-refractivity contribution in [1.29, 1.82) is 0 Å². The summed E-state index contributed by atoms with van der Waals surface area (Å²) >= 11 is 0. The quantitative estimate of drug-likeness (QED) is 0.788. The van der Waals surface area contributed by atoms with E-state index in [9.17, 15) is 9.59 Å². The molecule has 102 valence electrons. The average Bonchev–Trinajstić information content (AvgIpc) is 2.70. The number of hydrogen-bond acceptors (Lipinski definition) is 5. The summed E-state index contributed by atoms with van der Waals surface area (Å²) in [6.07, 6.45) is 2.24. The summed E-state index contributed by atoms with van der Waals surface area (Å²) in [5.74, 6) is -0.195. The van der Waals surface area contributed by atoms with Gasteiger partial charge >= 0.3 is 5.97 Å². The second kappa shape index (κ2) is 5.26. The maximum Gasteiger partial charge on any atom is 0.342 e. The molecule has 0 saturated heterocycles. The largest absolute Gasteiger partial charge is 0.462 e. The lowest BCUT2D eigenvalue weighted by atomic mass is 10.2. The van der Waals surface area contributed by atoms with Crippen LogP contribution >= 0.6 is 0 Å². The van der Waals surface area contributed by atoms with Crippen LogP contribution in [-0.2, 0) is 11.3 Å². The second-order valence-electron chi connectivity index (χ2n) is 4.18. The molecule has 2 heterocycles. The zero-order valence-corrected chi connectivity index (χ0v) is 11.2. The van der Waals surface area contributed by atoms with Crippen LogP contribution < -0.4 is 5.56 Å². The molecule has 0 radical (unpaired) electrons. The maximum absolute atomic E-state index is 12.3. The number of esters is 1. The van der Waals surface area contributed by atoms with Gasteiger partial charge in [-0.2, -0.15) is 0 Å². The number of aromatic nitrogens is 2. The zero-order chi connectivity index (χ0) is 14.0. The van der Waals surface area contributed by atoms with Crippen LogP contribution in [0.3, 0.4) is 0 Å². The number of rotatable bonds is 4. The number of fused-ring (bicyclic) bond motifs is 1. The Bertz CT molecular complexity index is 669. The van der Waals surface area contributed by atoms with Crippen molar-refractivity contribution in [2.24, 2.45) is 0 Å². The lowest BCUT2D eigenvalue weighted by molar-refractivity contribution is 0.0526. The van der Waals surface area contributed by atoms with E-state index in [2.05, 4.69) is 4.98 Å². The SMILES string of the molecule is CCCn1cnc2oc(C)c(C(=O)OCC)c2c1=O. The van der Waals surface area contributed by atoms with Gasteiger partial charge in [-0.25, -0.2) is 9.78 Å². The third-order valence-electron chi connectivity index (χ3n) is 2.80. The van der Waals surface area contributed by atoms with Crippen molar-refractivity contribution in [3.8, 4) is 0 Å². The highest BCUT2D eigenvalue weighted by molar-refractivity contribution is 6.03. The highest BCUT2D eigenvalue weighted by Crippen LogP contribution is 2.21. The van der Waals surface area contributed by atoms with Crippen LogP contribution in [0.15, 0.2) is 15.5 Å². The molecular formula is C13H16N2O4. The summed E-state index contributed by atoms with van der Waals surface area (Å²) in [4.78, 5) is 28.3. The fraction of sp³-hybridized carbons (Fsp3) is 0.462. The number of hydrogen-bond donors (Lipinski definition) is 0. The molecule has 6 nitrogen and oxygen atoms in total. The van der Waals surface area contributed by atoms with Crippen molar-refractivity contribution in [2.75, 3.05) is 6.61 Å². The molecule has 0 bridgehead atoms. The Morgan fingerprint density at radius 3 is 2.84 bits per heavy atom. The molecule has 0 aliphatic carbocycles. The summed E-state index contributed by atoms with van der Waals surface area (Å²) in [6.45, 7) is 6.09. The first-order valence-electron chi connectivity index (χ1n) is 6.25. The van der Waals surface area contributed by atoms with E-state index in [1.54, 1.807) is 13.8 Å². The molecule has 0 spiro atoms. The molecular weight excluding hydrogens is 248 g/mol. The van der Waals surface area contributed by atoms with Gasteiger partial charge in [-0.05, 0) is 20.3 Å². The van der Waals surface area contributed by atoms with Gasteiger partial charge in [0.15, 0.2) is 0 Å². The standard InChI is InChI=1S/C13H16N2O4/c1-4-6-15-7-14-11-10(12(15)16)9(8(3)19-11)13(17)18-5-2/h7H,4-6H2,1-3H3. The second-order valence-corrected chi connectivity index (χ2v) is 4.18. The predicted octanol–water partition coefficient (Wildman–Crippen LogP) is 1.88. The highest BCUT2D eigenvalue weighted by atomic mass is 16.5. The maximum atomic E-state index is 12.3. The minimum Gasteiger partial charge on any atom is -0.462 e. The van der Waals surface area contributed by atoms with Gasteiger partial charge in [-0.3, -0.25) is 9.36 Å². The van der Waals surface area contributed by atoms with Crippen molar-refractivity contribution in [3.05, 3.63) is 28.0 Å². The third kappa shape index (κ3) is 2.25. The van der Waals surface area contributed by atoms with Crippen LogP contribution in [0, 0.1) is 6.92 Å². The zero-order valence-electron chi connectivity index (χ0n) is 11.2. The Morgan fingerprint density at radius 2 is 2.21 bits per heavy atom. The van der Waals surface area contributed by atoms with Gasteiger partial charge in [-0.15, -0.1) is 0 Å². The van der Waals surface area contributed by atoms with Crippen LogP contribution in [0.25, 0.3) is 11.1 Å². The molecule has 0 aromatic carbocycles. The summed E-state index contributed by atoms with van der Waals surface area (Å²) in [7, 11) is 0. The Balaban J connectivity index is 2.69. The molecule has 0 unspecified atom stereocenters. The summed E-state index contributed by atoms with van der Waals surface area (Å²) in [6, 6.07) is 0. The van der Waals surface area contributed by atoms with Crippen LogP contribution in [0.1, 0.15) is 36.4 Å². The van der Waals surface area contributed by atoms with E-state index >= 15 is 0 Å². The molecule has 0 amide bonds. The van der Waals surface area contributed by atoms with Crippen molar-refractivity contribution in [1.82, 2.24) is 9.55 Å². The fourth-order valence-corrected chi connectivity index (χ4v) is 1.99. The minimum atomic E-state index is -0.549. The first kappa shape index (κ1) is 13.3. The Kier molecular flexibility index (Phi) is 3.69. The Hall–Kier alpha value is -2.11. The smallest absolute Gasteiger partial charge is 0.342 e. The summed E-state index contributed by atoms with van der Waals surface area (Å²) < 4.78 is 11.8. The number of aryl methyl sites for hydroxylation is 2. The van der Waals surface area contributed by atoms with Crippen molar-refractivity contribution in [2.45, 2.75) is 33.7 Å². The van der Waals surface area contributed by atoms with Crippen LogP contribution in [0.5, 0.6) is 0 Å². The van der Waals surface area contributed by atoms with Crippen LogP contribution in [0.2, 0.25) is 0 Å². The molecule has 2 aromatic rings. The van der Waals surface area contributed by atoms with E-state index in [-0.39, 0.29) is 28.8 Å². The molecule has 0 fully saturated rings. The molecule has 19 heavy (non-hydrogen) atoms. The predicted molar refractivity (Wildman–Crippen MR) is 69.3 cm³/mol. The van der Waals surface area contributed by atoms with E-state index in [0.717, 1.165) is 6.42 Å². The van der Waals surface area contributed by atoms with Gasteiger partial charge in [0.05, 0.1) is 6.61 Å². The molecule has 0 saturated carbocycles. The van der Waals surface area contributed by atoms with Crippen molar-refractivity contribution in [3.63, 3.8) is 0 Å². The average molecular weight is 264 g/mol. The van der Waals surface area contributed by atoms with E-state index in [1.165, 1.54) is 10.9 Å². The summed E-state index contributed by atoms with van der Waals surface area (Å²) in [5, 5.41) is 0.201. The molecule has 0 aliphatic rings. The van der Waals surface area contributed by atoms with Crippen molar-refractivity contribution >= 4 is 17.1 Å². The number of furan rings is 1. The van der Waals surface area contributed by atoms with E-state index < -0.39 is 5.97 Å². The van der Waals surface area contributed by atoms with Crippen LogP contribution in [0.4, 0.5) is 0 Å². The summed E-state index contributed by atoms with van der Waals surface area (Å²) in [5.41, 5.74) is 0.0875. The van der Waals surface area contributed by atoms with Gasteiger partial charge in [0.1, 0.15) is 23.0 Å². The number of carbonyl (C=O) groups excluding carboxylic acids is 1. The van der Waals surface area contributed by atoms with E-state index in [0.29, 0.717) is 12.3 Å². The van der Waals surface area contributed by atoms with Crippen molar-refractivity contribution < 1.29 is 13.9 Å². The lowest BCUT2D eigenvalue weighted by Gasteiger charge is -2.03. The van der Waals surface area contributed by atoms with Gasteiger partial charge < -0.3 is 9.15 Å². The first-order chi connectivity index (χ1) is 9.10. The molecule has 0 atom stereocenters. The van der Waals surface area contributed by atoms with Crippen LogP contribution in [-0.4, -0.2) is 22.1 Å². The molecule has 0 N–H and O–H groups in total. The monoisotopic (exact) mass is 264 g/mol. The molecule has 2 aromatic heterocycles. The number of ether oxygens (including phenoxy) is 1. The molecule has 2 rings (SSSR count). The first-order valence-corrected chi connectivity index (χ1v) is 6.25. The molecule has 0 aliphatic heterocycles. The van der Waals surface area contributed by atoms with Gasteiger partial charge in [-0.1, -0.05) is 6.92 Å². The van der Waals surface area contributed by atoms with E-state index in [1.807, 2.05) is 6.92 Å². The minimum absolute atomic E-state index is 0.179. The third-order valence-corrected chi connectivity index (χ3v) is 2.80.